The first-order valence-corrected chi connectivity index (χ1v) is 6.98. The topological polar surface area (TPSA) is 95.3 Å². The van der Waals surface area contributed by atoms with Crippen molar-refractivity contribution < 1.29 is 5.11 Å². The van der Waals surface area contributed by atoms with Crippen molar-refractivity contribution in [2.75, 3.05) is 18.5 Å². The van der Waals surface area contributed by atoms with E-state index in [0.717, 1.165) is 25.2 Å². The van der Waals surface area contributed by atoms with E-state index in [1.54, 1.807) is 13.0 Å². The van der Waals surface area contributed by atoms with Gasteiger partial charge in [-0.15, -0.1) is 0 Å². The van der Waals surface area contributed by atoms with Crippen LogP contribution in [-0.2, 0) is 0 Å². The molecule has 0 aromatic carbocycles. The van der Waals surface area contributed by atoms with Gasteiger partial charge in [0, 0.05) is 19.2 Å². The van der Waals surface area contributed by atoms with Gasteiger partial charge in [0.15, 0.2) is 5.65 Å². The van der Waals surface area contributed by atoms with Gasteiger partial charge in [-0.1, -0.05) is 6.42 Å². The number of aromatic amines is 1. The van der Waals surface area contributed by atoms with E-state index in [1.807, 2.05) is 0 Å². The Labute approximate surface area is 116 Å². The number of anilines is 1. The maximum atomic E-state index is 11.5. The van der Waals surface area contributed by atoms with Crippen LogP contribution in [0.1, 0.15) is 25.1 Å². The van der Waals surface area contributed by atoms with E-state index in [0.29, 0.717) is 23.3 Å². The summed E-state index contributed by atoms with van der Waals surface area (Å²) in [5.41, 5.74) is 0.294. The first-order chi connectivity index (χ1) is 9.69. The van der Waals surface area contributed by atoms with E-state index in [1.165, 1.54) is 10.8 Å². The van der Waals surface area contributed by atoms with Gasteiger partial charge in [-0.3, -0.25) is 0 Å². The molecule has 2 heterocycles. The Bertz CT molecular complexity index is 662. The van der Waals surface area contributed by atoms with Gasteiger partial charge in [0.2, 0.25) is 0 Å². The highest BCUT2D eigenvalue weighted by molar-refractivity contribution is 5.49. The van der Waals surface area contributed by atoms with Gasteiger partial charge in [0.25, 0.3) is 0 Å². The number of H-pyrrole nitrogens is 1. The summed E-state index contributed by atoms with van der Waals surface area (Å²) in [7, 11) is 0. The summed E-state index contributed by atoms with van der Waals surface area (Å²) in [6, 6.07) is 1.76. The summed E-state index contributed by atoms with van der Waals surface area (Å²) >= 11 is 0. The lowest BCUT2D eigenvalue weighted by atomic mass is 9.97. The number of aryl methyl sites for hydroxylation is 1. The third-order valence-electron chi connectivity index (χ3n) is 4.17. The fourth-order valence-electron chi connectivity index (χ4n) is 3.05. The van der Waals surface area contributed by atoms with Gasteiger partial charge in [-0.25, -0.2) is 19.3 Å². The summed E-state index contributed by atoms with van der Waals surface area (Å²) in [6.07, 6.45) is 3.42. The zero-order valence-electron chi connectivity index (χ0n) is 11.5. The third-order valence-corrected chi connectivity index (χ3v) is 4.17. The number of fused-ring (bicyclic) bond motifs is 1. The number of nitrogens with one attached hydrogen (secondary N) is 2. The molecular formula is C13H19N5O2. The van der Waals surface area contributed by atoms with Crippen molar-refractivity contribution in [1.29, 1.82) is 0 Å². The monoisotopic (exact) mass is 277 g/mol. The van der Waals surface area contributed by atoms with Crippen LogP contribution in [0.2, 0.25) is 0 Å². The second-order valence-corrected chi connectivity index (χ2v) is 5.43. The van der Waals surface area contributed by atoms with Gasteiger partial charge < -0.3 is 10.4 Å². The summed E-state index contributed by atoms with van der Waals surface area (Å²) < 4.78 is 1.44. The smallest absolute Gasteiger partial charge is 0.349 e. The molecule has 7 heteroatoms. The SMILES string of the molecule is Cc1nc(NCC2CCCC2CO)cc2n[nH]c(=O)n12. The highest BCUT2D eigenvalue weighted by Gasteiger charge is 2.26. The van der Waals surface area contributed by atoms with Crippen molar-refractivity contribution in [3.05, 3.63) is 22.4 Å². The highest BCUT2D eigenvalue weighted by Crippen LogP contribution is 2.31. The van der Waals surface area contributed by atoms with E-state index in [9.17, 15) is 9.90 Å². The zero-order valence-corrected chi connectivity index (χ0v) is 11.5. The molecule has 3 N–H and O–H groups in total. The van der Waals surface area contributed by atoms with E-state index in [-0.39, 0.29) is 12.3 Å². The molecule has 0 spiro atoms. The molecule has 1 aliphatic rings. The summed E-state index contributed by atoms with van der Waals surface area (Å²) in [5.74, 6) is 2.20. The quantitative estimate of drug-likeness (QED) is 0.758. The summed E-state index contributed by atoms with van der Waals surface area (Å²) in [5, 5.41) is 19.0. The van der Waals surface area contributed by atoms with Crippen LogP contribution in [0.15, 0.2) is 10.9 Å². The molecule has 1 saturated carbocycles. The Morgan fingerprint density at radius 1 is 1.50 bits per heavy atom. The van der Waals surface area contributed by atoms with Crippen LogP contribution in [0.5, 0.6) is 0 Å². The first kappa shape index (κ1) is 13.1. The molecule has 0 saturated heterocycles. The zero-order chi connectivity index (χ0) is 14.1. The minimum absolute atomic E-state index is 0.257. The van der Waals surface area contributed by atoms with Crippen molar-refractivity contribution >= 4 is 11.5 Å². The minimum atomic E-state index is -0.271. The van der Waals surface area contributed by atoms with E-state index < -0.39 is 0 Å². The Morgan fingerprint density at radius 2 is 2.30 bits per heavy atom. The molecule has 0 bridgehead atoms. The average Bonchev–Trinajstić information content (AvgIpc) is 3.03. The van der Waals surface area contributed by atoms with Gasteiger partial charge in [-0.2, -0.15) is 5.10 Å². The normalized spacial score (nSPS) is 22.5. The second kappa shape index (κ2) is 5.24. The average molecular weight is 277 g/mol. The molecule has 2 aromatic rings. The Morgan fingerprint density at radius 3 is 3.10 bits per heavy atom. The molecule has 1 fully saturated rings. The standard InChI is InChI=1S/C13H19N5O2/c1-8-15-11(5-12-16-17-13(20)18(8)12)14-6-9-3-2-4-10(9)7-19/h5,9-10,14,19H,2-4,6-7H2,1H3,(H,17,20). The Hall–Kier alpha value is -1.89. The van der Waals surface area contributed by atoms with Gasteiger partial charge >= 0.3 is 5.69 Å². The number of nitrogens with zero attached hydrogens (tertiary/aromatic N) is 3. The first-order valence-electron chi connectivity index (χ1n) is 6.98. The second-order valence-electron chi connectivity index (χ2n) is 5.43. The van der Waals surface area contributed by atoms with Gasteiger partial charge in [0.1, 0.15) is 11.6 Å². The lowest BCUT2D eigenvalue weighted by Gasteiger charge is -2.18. The third kappa shape index (κ3) is 2.29. The highest BCUT2D eigenvalue weighted by atomic mass is 16.3. The molecule has 2 atom stereocenters. The molecule has 3 rings (SSSR count). The Kier molecular flexibility index (Phi) is 3.43. The van der Waals surface area contributed by atoms with Crippen molar-refractivity contribution in [3.63, 3.8) is 0 Å². The van der Waals surface area contributed by atoms with Crippen LogP contribution in [0.25, 0.3) is 5.65 Å². The maximum absolute atomic E-state index is 11.5. The van der Waals surface area contributed by atoms with Crippen LogP contribution < -0.4 is 11.0 Å². The van der Waals surface area contributed by atoms with Crippen molar-refractivity contribution in [2.24, 2.45) is 11.8 Å². The molecule has 7 nitrogen and oxygen atoms in total. The molecule has 0 amide bonds. The van der Waals surface area contributed by atoms with Crippen LogP contribution >= 0.6 is 0 Å². The molecule has 2 aromatic heterocycles. The molecule has 2 unspecified atom stereocenters. The lowest BCUT2D eigenvalue weighted by molar-refractivity contribution is 0.199. The number of aliphatic hydroxyl groups is 1. The van der Waals surface area contributed by atoms with Crippen molar-refractivity contribution in [2.45, 2.75) is 26.2 Å². The van der Waals surface area contributed by atoms with Crippen molar-refractivity contribution in [1.82, 2.24) is 19.6 Å². The lowest BCUT2D eigenvalue weighted by Crippen LogP contribution is -2.21. The van der Waals surface area contributed by atoms with E-state index in [2.05, 4.69) is 20.5 Å². The minimum Gasteiger partial charge on any atom is -0.396 e. The fourth-order valence-corrected chi connectivity index (χ4v) is 3.05. The van der Waals surface area contributed by atoms with Crippen molar-refractivity contribution in [3.8, 4) is 0 Å². The maximum Gasteiger partial charge on any atom is 0.349 e. The van der Waals surface area contributed by atoms with E-state index >= 15 is 0 Å². The van der Waals surface area contributed by atoms with Crippen LogP contribution in [0.4, 0.5) is 5.82 Å². The molecule has 1 aliphatic carbocycles. The summed E-state index contributed by atoms with van der Waals surface area (Å²) in [4.78, 5) is 15.9. The molecule has 0 aliphatic heterocycles. The molecule has 108 valence electrons. The van der Waals surface area contributed by atoms with Gasteiger partial charge in [-0.05, 0) is 31.6 Å². The molecular weight excluding hydrogens is 258 g/mol. The number of aliphatic hydroxyl groups excluding tert-OH is 1. The number of rotatable bonds is 4. The van der Waals surface area contributed by atoms with Gasteiger partial charge in [0.05, 0.1) is 0 Å². The molecule has 0 radical (unpaired) electrons. The largest absolute Gasteiger partial charge is 0.396 e. The Balaban J connectivity index is 1.76. The van der Waals surface area contributed by atoms with Crippen LogP contribution in [-0.4, -0.2) is 37.8 Å². The number of aromatic nitrogens is 4. The van der Waals surface area contributed by atoms with Crippen LogP contribution in [0, 0.1) is 18.8 Å². The number of hydrogen-bond acceptors (Lipinski definition) is 5. The van der Waals surface area contributed by atoms with E-state index in [4.69, 9.17) is 0 Å². The predicted molar refractivity (Wildman–Crippen MR) is 74.8 cm³/mol. The summed E-state index contributed by atoms with van der Waals surface area (Å²) in [6.45, 7) is 2.83. The molecule has 20 heavy (non-hydrogen) atoms. The fraction of sp³-hybridized carbons (Fsp3) is 0.615. The van der Waals surface area contributed by atoms with Crippen LogP contribution in [0.3, 0.4) is 0 Å². The number of hydrogen-bond donors (Lipinski definition) is 3. The predicted octanol–water partition coefficient (Wildman–Crippen LogP) is 0.547.